The molecule has 4 nitrogen and oxygen atoms in total. The molecule has 1 aliphatic heterocycles. The number of aliphatic carboxylic acids is 1. The lowest BCUT2D eigenvalue weighted by atomic mass is 9.68. The molecule has 0 spiro atoms. The maximum Gasteiger partial charge on any atom is 0.339 e. The number of hydrogen-bond acceptors (Lipinski definition) is 3. The van der Waals surface area contributed by atoms with Crippen LogP contribution >= 0.6 is 0 Å². The van der Waals surface area contributed by atoms with E-state index >= 15 is 0 Å². The quantitative estimate of drug-likeness (QED) is 0.480. The maximum atomic E-state index is 12.1. The Hall–Kier alpha value is -1.42. The SMILES string of the molecule is CC1=CCCC(C)(C)C1/C=C/C(=O)CC1(C(=O)O)OC1C. The Kier molecular flexibility index (Phi) is 4.11. The molecule has 0 bridgehead atoms. The molecule has 1 N–H and O–H groups in total. The van der Waals surface area contributed by atoms with Crippen LogP contribution in [-0.4, -0.2) is 28.6 Å². The third kappa shape index (κ3) is 3.10. The van der Waals surface area contributed by atoms with Crippen LogP contribution in [0.3, 0.4) is 0 Å². The number of hydrogen-bond donors (Lipinski definition) is 1. The van der Waals surface area contributed by atoms with Crippen molar-refractivity contribution in [2.24, 2.45) is 11.3 Å². The Morgan fingerprint density at radius 1 is 1.48 bits per heavy atom. The third-order valence-electron chi connectivity index (χ3n) is 4.85. The largest absolute Gasteiger partial charge is 0.479 e. The Balaban J connectivity index is 2.04. The lowest BCUT2D eigenvalue weighted by molar-refractivity contribution is -0.144. The molecule has 1 saturated heterocycles. The van der Waals surface area contributed by atoms with Crippen molar-refractivity contribution in [1.29, 1.82) is 0 Å². The van der Waals surface area contributed by atoms with Crippen molar-refractivity contribution in [2.45, 2.75) is 58.7 Å². The Morgan fingerprint density at radius 2 is 2.10 bits per heavy atom. The van der Waals surface area contributed by atoms with E-state index in [1.54, 1.807) is 6.92 Å². The molecule has 1 fully saturated rings. The van der Waals surface area contributed by atoms with Crippen molar-refractivity contribution in [2.75, 3.05) is 0 Å². The molecule has 0 amide bonds. The molecule has 0 aromatic rings. The molecule has 116 valence electrons. The molecule has 2 rings (SSSR count). The summed E-state index contributed by atoms with van der Waals surface area (Å²) in [6, 6.07) is 0. The first-order valence-corrected chi connectivity index (χ1v) is 7.48. The average molecular weight is 292 g/mol. The molecule has 0 aromatic heterocycles. The van der Waals surface area contributed by atoms with Crippen LogP contribution in [0.15, 0.2) is 23.8 Å². The summed E-state index contributed by atoms with van der Waals surface area (Å²) in [5.41, 5.74) is 0.108. The number of epoxide rings is 1. The van der Waals surface area contributed by atoms with Crippen LogP contribution < -0.4 is 0 Å². The van der Waals surface area contributed by atoms with E-state index in [-0.39, 0.29) is 29.6 Å². The Morgan fingerprint density at radius 3 is 2.57 bits per heavy atom. The van der Waals surface area contributed by atoms with Gasteiger partial charge in [-0.25, -0.2) is 4.79 Å². The summed E-state index contributed by atoms with van der Waals surface area (Å²) in [6.45, 7) is 8.18. The van der Waals surface area contributed by atoms with Crippen LogP contribution in [0.25, 0.3) is 0 Å². The summed E-state index contributed by atoms with van der Waals surface area (Å²) in [7, 11) is 0. The third-order valence-corrected chi connectivity index (χ3v) is 4.85. The van der Waals surface area contributed by atoms with Crippen LogP contribution in [-0.2, 0) is 14.3 Å². The second kappa shape index (κ2) is 5.41. The standard InChI is InChI=1S/C17H24O4/c1-11-6-5-9-16(3,4)14(11)8-7-13(18)10-17(15(19)20)12(2)21-17/h6-8,12,14H,5,9-10H2,1-4H3,(H,19,20)/b8-7+. The van der Waals surface area contributed by atoms with Crippen LogP contribution in [0.5, 0.6) is 0 Å². The second-order valence-electron chi connectivity index (χ2n) is 6.91. The minimum atomic E-state index is -1.30. The van der Waals surface area contributed by atoms with Gasteiger partial charge in [-0.2, -0.15) is 0 Å². The van der Waals surface area contributed by atoms with Gasteiger partial charge in [-0.1, -0.05) is 31.6 Å². The zero-order valence-electron chi connectivity index (χ0n) is 13.2. The van der Waals surface area contributed by atoms with Gasteiger partial charge in [0.15, 0.2) is 11.4 Å². The van der Waals surface area contributed by atoms with Crippen molar-refractivity contribution < 1.29 is 19.4 Å². The van der Waals surface area contributed by atoms with Gasteiger partial charge >= 0.3 is 5.97 Å². The van der Waals surface area contributed by atoms with Gasteiger partial charge < -0.3 is 9.84 Å². The topological polar surface area (TPSA) is 66.9 Å². The van der Waals surface area contributed by atoms with Crippen LogP contribution in [0, 0.1) is 11.3 Å². The molecule has 4 heteroatoms. The molecule has 1 heterocycles. The van der Waals surface area contributed by atoms with Crippen molar-refractivity contribution in [1.82, 2.24) is 0 Å². The summed E-state index contributed by atoms with van der Waals surface area (Å²) in [4.78, 5) is 23.2. The highest BCUT2D eigenvalue weighted by Gasteiger charge is 2.61. The van der Waals surface area contributed by atoms with E-state index in [0.29, 0.717) is 0 Å². The first-order valence-electron chi connectivity index (χ1n) is 7.48. The average Bonchev–Trinajstić information content (AvgIpc) is 2.99. The van der Waals surface area contributed by atoms with E-state index < -0.39 is 11.6 Å². The van der Waals surface area contributed by atoms with E-state index in [4.69, 9.17) is 9.84 Å². The molecule has 2 aliphatic rings. The van der Waals surface area contributed by atoms with Gasteiger partial charge in [-0.3, -0.25) is 4.79 Å². The molecule has 1 aliphatic carbocycles. The minimum absolute atomic E-state index is 0.0874. The van der Waals surface area contributed by atoms with E-state index in [1.807, 2.05) is 6.08 Å². The smallest absolute Gasteiger partial charge is 0.339 e. The number of allylic oxidation sites excluding steroid dienone is 4. The number of carbonyl (C=O) groups excluding carboxylic acids is 1. The van der Waals surface area contributed by atoms with Crippen LogP contribution in [0.2, 0.25) is 0 Å². The Labute approximate surface area is 125 Å². The summed E-state index contributed by atoms with van der Waals surface area (Å²) in [6.07, 6.45) is 7.37. The molecular weight excluding hydrogens is 268 g/mol. The van der Waals surface area contributed by atoms with Gasteiger partial charge in [0.2, 0.25) is 0 Å². The predicted octanol–water partition coefficient (Wildman–Crippen LogP) is 3.13. The lowest BCUT2D eigenvalue weighted by Gasteiger charge is -2.36. The second-order valence-corrected chi connectivity index (χ2v) is 6.91. The highest BCUT2D eigenvalue weighted by molar-refractivity contribution is 5.96. The maximum absolute atomic E-state index is 12.1. The van der Waals surface area contributed by atoms with E-state index in [0.717, 1.165) is 12.8 Å². The van der Waals surface area contributed by atoms with Gasteiger partial charge in [-0.15, -0.1) is 0 Å². The molecule has 21 heavy (non-hydrogen) atoms. The highest BCUT2D eigenvalue weighted by atomic mass is 16.6. The highest BCUT2D eigenvalue weighted by Crippen LogP contribution is 2.42. The number of carboxylic acids is 1. The van der Waals surface area contributed by atoms with Crippen LogP contribution in [0.4, 0.5) is 0 Å². The zero-order chi connectivity index (χ0) is 15.8. The summed E-state index contributed by atoms with van der Waals surface area (Å²) < 4.78 is 5.12. The van der Waals surface area contributed by atoms with Crippen molar-refractivity contribution in [3.05, 3.63) is 23.8 Å². The first kappa shape index (κ1) is 16.0. The van der Waals surface area contributed by atoms with E-state index in [9.17, 15) is 9.59 Å². The molecule has 3 unspecified atom stereocenters. The number of carboxylic acid groups (broad SMARTS) is 1. The molecule has 0 aromatic carbocycles. The van der Waals surface area contributed by atoms with Crippen LogP contribution in [0.1, 0.15) is 47.0 Å². The zero-order valence-corrected chi connectivity index (χ0v) is 13.2. The normalized spacial score (nSPS) is 34.6. The summed E-state index contributed by atoms with van der Waals surface area (Å²) in [5.74, 6) is -1.00. The lowest BCUT2D eigenvalue weighted by Crippen LogP contribution is -2.29. The molecule has 0 radical (unpaired) electrons. The van der Waals surface area contributed by atoms with Gasteiger partial charge in [-0.05, 0) is 38.2 Å². The van der Waals surface area contributed by atoms with Gasteiger partial charge in [0.1, 0.15) is 0 Å². The van der Waals surface area contributed by atoms with Crippen molar-refractivity contribution in [3.63, 3.8) is 0 Å². The molecular formula is C17H24O4. The number of rotatable bonds is 5. The fraction of sp³-hybridized carbons (Fsp3) is 0.647. The molecule has 3 atom stereocenters. The minimum Gasteiger partial charge on any atom is -0.479 e. The molecule has 0 saturated carbocycles. The van der Waals surface area contributed by atoms with E-state index in [2.05, 4.69) is 26.8 Å². The van der Waals surface area contributed by atoms with Crippen molar-refractivity contribution >= 4 is 11.8 Å². The van der Waals surface area contributed by atoms with Gasteiger partial charge in [0.05, 0.1) is 12.5 Å². The van der Waals surface area contributed by atoms with Gasteiger partial charge in [0, 0.05) is 5.92 Å². The van der Waals surface area contributed by atoms with Crippen molar-refractivity contribution in [3.8, 4) is 0 Å². The number of carbonyl (C=O) groups is 2. The Bertz CT molecular complexity index is 515. The summed E-state index contributed by atoms with van der Waals surface area (Å²) >= 11 is 0. The van der Waals surface area contributed by atoms with E-state index in [1.165, 1.54) is 11.6 Å². The van der Waals surface area contributed by atoms with Gasteiger partial charge in [0.25, 0.3) is 0 Å². The number of ether oxygens (including phenoxy) is 1. The number of ketones is 1. The fourth-order valence-corrected chi connectivity index (χ4v) is 3.27. The monoisotopic (exact) mass is 292 g/mol. The predicted molar refractivity (Wildman–Crippen MR) is 79.9 cm³/mol. The summed E-state index contributed by atoms with van der Waals surface area (Å²) in [5, 5.41) is 9.15. The fourth-order valence-electron chi connectivity index (χ4n) is 3.27. The first-order chi connectivity index (χ1) is 9.69.